The summed E-state index contributed by atoms with van der Waals surface area (Å²) in [7, 11) is 0. The first-order chi connectivity index (χ1) is 19.2. The fraction of sp³-hybridized carbons (Fsp3) is 0.400. The third-order valence-corrected chi connectivity index (χ3v) is 7.17. The Bertz CT molecular complexity index is 1210. The summed E-state index contributed by atoms with van der Waals surface area (Å²) in [6.07, 6.45) is 5.69. The summed E-state index contributed by atoms with van der Waals surface area (Å²) in [5.41, 5.74) is 6.86. The van der Waals surface area contributed by atoms with Crippen LogP contribution in [-0.4, -0.2) is 47.2 Å². The summed E-state index contributed by atoms with van der Waals surface area (Å²) in [5, 5.41) is 12.5. The molecule has 10 heteroatoms. The van der Waals surface area contributed by atoms with E-state index in [9.17, 15) is 27.9 Å². The van der Waals surface area contributed by atoms with Crippen LogP contribution in [0.25, 0.3) is 0 Å². The van der Waals surface area contributed by atoms with E-state index in [1.807, 2.05) is 18.2 Å². The highest BCUT2D eigenvalue weighted by Gasteiger charge is 2.32. The maximum absolute atomic E-state index is 13.2. The molecule has 2 aromatic rings. The minimum atomic E-state index is -4.46. The smallest absolute Gasteiger partial charge is 0.416 e. The second-order valence-corrected chi connectivity index (χ2v) is 10.2. The number of ether oxygens (including phenoxy) is 1. The van der Waals surface area contributed by atoms with Crippen LogP contribution in [0.2, 0.25) is 0 Å². The second-order valence-electron chi connectivity index (χ2n) is 10.2. The molecule has 2 aromatic carbocycles. The number of carbonyl (C=O) groups excluding carboxylic acids is 2. The molecule has 2 unspecified atom stereocenters. The van der Waals surface area contributed by atoms with Crippen LogP contribution in [-0.2, 0) is 17.5 Å². The van der Waals surface area contributed by atoms with Crippen molar-refractivity contribution < 1.29 is 32.6 Å². The van der Waals surface area contributed by atoms with Crippen molar-refractivity contribution in [3.63, 3.8) is 0 Å². The predicted molar refractivity (Wildman–Crippen MR) is 144 cm³/mol. The number of rotatable bonds is 11. The van der Waals surface area contributed by atoms with E-state index in [0.717, 1.165) is 31.4 Å². The molecule has 0 aromatic heterocycles. The number of halogens is 3. The van der Waals surface area contributed by atoms with Crippen molar-refractivity contribution in [1.82, 2.24) is 10.2 Å². The Labute approximate surface area is 231 Å². The molecule has 4 N–H and O–H groups in total. The molecule has 2 aliphatic rings. The topological polar surface area (TPSA) is 105 Å². The Balaban J connectivity index is 1.40. The van der Waals surface area contributed by atoms with Crippen LogP contribution in [0.3, 0.4) is 0 Å². The molecule has 2 amide bonds. The number of allylic oxidation sites excluding steroid dienone is 2. The van der Waals surface area contributed by atoms with Crippen molar-refractivity contribution in [2.24, 2.45) is 11.7 Å². The van der Waals surface area contributed by atoms with Crippen LogP contribution < -0.4 is 11.1 Å². The van der Waals surface area contributed by atoms with Crippen molar-refractivity contribution in [3.8, 4) is 0 Å². The number of aliphatic hydroxyl groups is 1. The number of alkyl halides is 3. The molecule has 2 aliphatic carbocycles. The van der Waals surface area contributed by atoms with E-state index in [1.54, 1.807) is 30.3 Å². The van der Waals surface area contributed by atoms with Crippen molar-refractivity contribution >= 4 is 12.0 Å². The standard InChI is InChI=1S/C30H34F3N3O4/c31-30(32,33)24-14-12-22(13-15-24)27(16-9-20-5-6-20)36(17-18-37)29(39)40-19-21-7-10-23(11-8-21)28(38)35-26-4-2-1-3-25(26)34/h1-4,7-8,10-15,20,25-27,37H,5-6,9,16-19,34H2,(H,35,38)/t25?,26?,27-/m0/s1. The first kappa shape index (κ1) is 29.4. The molecular formula is C30H34F3N3O4. The van der Waals surface area contributed by atoms with Gasteiger partial charge in [0.05, 0.1) is 24.3 Å². The van der Waals surface area contributed by atoms with Gasteiger partial charge in [0.15, 0.2) is 0 Å². The number of hydrogen-bond acceptors (Lipinski definition) is 5. The Morgan fingerprint density at radius 2 is 1.73 bits per heavy atom. The van der Waals surface area contributed by atoms with Crippen LogP contribution in [0.5, 0.6) is 0 Å². The zero-order valence-corrected chi connectivity index (χ0v) is 22.0. The Morgan fingerprint density at radius 1 is 1.05 bits per heavy atom. The number of hydrogen-bond donors (Lipinski definition) is 3. The Kier molecular flexibility index (Phi) is 9.65. The van der Waals surface area contributed by atoms with Crippen molar-refractivity contribution in [3.05, 3.63) is 95.1 Å². The number of nitrogens with one attached hydrogen (secondary N) is 1. The molecule has 0 aliphatic heterocycles. The van der Waals surface area contributed by atoms with Gasteiger partial charge in [0.2, 0.25) is 0 Å². The first-order valence-electron chi connectivity index (χ1n) is 13.4. The summed E-state index contributed by atoms with van der Waals surface area (Å²) in [5.74, 6) is 0.258. The maximum atomic E-state index is 13.2. The number of aliphatic hydroxyl groups excluding tert-OH is 1. The van der Waals surface area contributed by atoms with Crippen molar-refractivity contribution in [1.29, 1.82) is 0 Å². The minimum Gasteiger partial charge on any atom is -0.445 e. The summed E-state index contributed by atoms with van der Waals surface area (Å²) in [6.45, 7) is -0.428. The lowest BCUT2D eigenvalue weighted by atomic mass is 9.97. The largest absolute Gasteiger partial charge is 0.445 e. The van der Waals surface area contributed by atoms with E-state index < -0.39 is 23.9 Å². The molecule has 40 heavy (non-hydrogen) atoms. The molecular weight excluding hydrogens is 523 g/mol. The van der Waals surface area contributed by atoms with E-state index in [2.05, 4.69) is 5.32 Å². The lowest BCUT2D eigenvalue weighted by Crippen LogP contribution is -2.46. The van der Waals surface area contributed by atoms with Gasteiger partial charge in [0, 0.05) is 18.2 Å². The molecule has 214 valence electrons. The molecule has 7 nitrogen and oxygen atoms in total. The van der Waals surface area contributed by atoms with Gasteiger partial charge in [-0.3, -0.25) is 9.69 Å². The van der Waals surface area contributed by atoms with Crippen LogP contribution in [0.15, 0.2) is 72.8 Å². The van der Waals surface area contributed by atoms with Crippen molar-refractivity contribution in [2.75, 3.05) is 13.2 Å². The third kappa shape index (κ3) is 7.95. The highest BCUT2D eigenvalue weighted by atomic mass is 19.4. The van der Waals surface area contributed by atoms with Gasteiger partial charge >= 0.3 is 12.3 Å². The van der Waals surface area contributed by atoms with E-state index in [-0.39, 0.29) is 37.7 Å². The second kappa shape index (κ2) is 13.1. The van der Waals surface area contributed by atoms with Crippen molar-refractivity contribution in [2.45, 2.75) is 56.6 Å². The molecule has 0 heterocycles. The lowest BCUT2D eigenvalue weighted by molar-refractivity contribution is -0.137. The molecule has 4 rings (SSSR count). The SMILES string of the molecule is NC1C=CC=CC1NC(=O)c1ccc(COC(=O)N(CCO)[C@@H](CCC2CC2)c2ccc(C(F)(F)F)cc2)cc1. The lowest BCUT2D eigenvalue weighted by Gasteiger charge is -2.31. The van der Waals surface area contributed by atoms with E-state index in [1.165, 1.54) is 17.0 Å². The van der Waals surface area contributed by atoms with Crippen LogP contribution in [0, 0.1) is 5.92 Å². The summed E-state index contributed by atoms with van der Waals surface area (Å²) in [4.78, 5) is 27.1. The number of nitrogens with two attached hydrogens (primary N) is 1. The summed E-state index contributed by atoms with van der Waals surface area (Å²) < 4.78 is 44.8. The fourth-order valence-corrected chi connectivity index (χ4v) is 4.66. The quantitative estimate of drug-likeness (QED) is 0.356. The van der Waals surface area contributed by atoms with Gasteiger partial charge in [-0.2, -0.15) is 13.2 Å². The van der Waals surface area contributed by atoms with Gasteiger partial charge in [-0.25, -0.2) is 4.79 Å². The van der Waals surface area contributed by atoms with E-state index in [0.29, 0.717) is 29.0 Å². The number of amides is 2. The average Bonchev–Trinajstić information content (AvgIpc) is 3.77. The molecule has 1 saturated carbocycles. The normalized spacial score (nSPS) is 19.2. The van der Waals surface area contributed by atoms with Gasteiger partial charge in [0.1, 0.15) is 6.61 Å². The molecule has 1 fully saturated rings. The minimum absolute atomic E-state index is 0.0266. The van der Waals surface area contributed by atoms with Crippen LogP contribution in [0.1, 0.15) is 58.8 Å². The zero-order valence-electron chi connectivity index (χ0n) is 22.0. The van der Waals surface area contributed by atoms with Crippen LogP contribution >= 0.6 is 0 Å². The monoisotopic (exact) mass is 557 g/mol. The molecule has 3 atom stereocenters. The van der Waals surface area contributed by atoms with Crippen LogP contribution in [0.4, 0.5) is 18.0 Å². The first-order valence-corrected chi connectivity index (χ1v) is 13.4. The van der Waals surface area contributed by atoms with Gasteiger partial charge in [-0.1, -0.05) is 61.4 Å². The number of benzene rings is 2. The van der Waals surface area contributed by atoms with E-state index in [4.69, 9.17) is 10.5 Å². The molecule has 0 bridgehead atoms. The fourth-order valence-electron chi connectivity index (χ4n) is 4.66. The Morgan fingerprint density at radius 3 is 2.33 bits per heavy atom. The summed E-state index contributed by atoms with van der Waals surface area (Å²) in [6, 6.07) is 10.2. The molecule has 0 spiro atoms. The van der Waals surface area contributed by atoms with Gasteiger partial charge in [-0.15, -0.1) is 0 Å². The highest BCUT2D eigenvalue weighted by molar-refractivity contribution is 5.94. The number of carbonyl (C=O) groups is 2. The maximum Gasteiger partial charge on any atom is 0.416 e. The third-order valence-electron chi connectivity index (χ3n) is 7.17. The summed E-state index contributed by atoms with van der Waals surface area (Å²) >= 11 is 0. The van der Waals surface area contributed by atoms with Gasteiger partial charge in [-0.05, 0) is 54.2 Å². The van der Waals surface area contributed by atoms with E-state index >= 15 is 0 Å². The number of nitrogens with zero attached hydrogens (tertiary/aromatic N) is 1. The predicted octanol–water partition coefficient (Wildman–Crippen LogP) is 5.12. The van der Waals surface area contributed by atoms with Gasteiger partial charge in [0.25, 0.3) is 5.91 Å². The van der Waals surface area contributed by atoms with Gasteiger partial charge < -0.3 is 20.9 Å². The molecule has 0 saturated heterocycles. The average molecular weight is 558 g/mol. The highest BCUT2D eigenvalue weighted by Crippen LogP contribution is 2.38. The molecule has 0 radical (unpaired) electrons. The zero-order chi connectivity index (χ0) is 28.7. The Hall–Kier alpha value is -3.63.